The quantitative estimate of drug-likeness (QED) is 0.804. The molecule has 0 spiro atoms. The molecule has 1 saturated carbocycles. The van der Waals surface area contributed by atoms with Crippen molar-refractivity contribution in [1.29, 1.82) is 5.41 Å². The zero-order valence-corrected chi connectivity index (χ0v) is 9.52. The van der Waals surface area contributed by atoms with Crippen LogP contribution in [0.3, 0.4) is 0 Å². The van der Waals surface area contributed by atoms with Crippen molar-refractivity contribution in [3.63, 3.8) is 0 Å². The van der Waals surface area contributed by atoms with E-state index in [1.807, 2.05) is 0 Å². The highest BCUT2D eigenvalue weighted by atomic mass is 15.1. The predicted molar refractivity (Wildman–Crippen MR) is 65.7 cm³/mol. The Kier molecular flexibility index (Phi) is 2.52. The van der Waals surface area contributed by atoms with Crippen molar-refractivity contribution < 1.29 is 0 Å². The monoisotopic (exact) mass is 214 g/mol. The fourth-order valence-corrected chi connectivity index (χ4v) is 3.09. The summed E-state index contributed by atoms with van der Waals surface area (Å²) in [5, 5.41) is 8.01. The number of hydrogen-bond acceptors (Lipinski definition) is 2. The minimum atomic E-state index is 0.558. The van der Waals surface area contributed by atoms with E-state index in [-0.39, 0.29) is 0 Å². The maximum atomic E-state index is 8.01. The molecule has 0 aromatic heterocycles. The van der Waals surface area contributed by atoms with E-state index in [2.05, 4.69) is 35.2 Å². The van der Waals surface area contributed by atoms with Crippen LogP contribution < -0.4 is 0 Å². The lowest BCUT2D eigenvalue weighted by atomic mass is 9.96. The SMILES string of the molecule is N=C1C2CCC1CN(Cc1ccccc1)C2. The predicted octanol–water partition coefficient (Wildman–Crippen LogP) is 2.55. The van der Waals surface area contributed by atoms with Gasteiger partial charge >= 0.3 is 0 Å². The van der Waals surface area contributed by atoms with Gasteiger partial charge in [0.2, 0.25) is 0 Å². The van der Waals surface area contributed by atoms with Gasteiger partial charge in [-0.1, -0.05) is 30.3 Å². The molecule has 1 aliphatic heterocycles. The first-order valence-corrected chi connectivity index (χ1v) is 6.17. The molecule has 16 heavy (non-hydrogen) atoms. The third kappa shape index (κ3) is 1.78. The van der Waals surface area contributed by atoms with Crippen LogP contribution in [0.5, 0.6) is 0 Å². The van der Waals surface area contributed by atoms with E-state index < -0.39 is 0 Å². The van der Waals surface area contributed by atoms with Crippen molar-refractivity contribution in [3.8, 4) is 0 Å². The highest BCUT2D eigenvalue weighted by Gasteiger charge is 2.37. The highest BCUT2D eigenvalue weighted by Crippen LogP contribution is 2.33. The number of rotatable bonds is 2. The van der Waals surface area contributed by atoms with Crippen LogP contribution in [0.1, 0.15) is 18.4 Å². The number of fused-ring (bicyclic) bond motifs is 2. The standard InChI is InChI=1S/C14H18N2/c15-14-12-6-7-13(14)10-16(9-12)8-11-4-2-1-3-5-11/h1-5,12-13,15H,6-10H2. The lowest BCUT2D eigenvalue weighted by Gasteiger charge is -2.32. The Bertz CT molecular complexity index is 369. The minimum absolute atomic E-state index is 0.558. The Morgan fingerprint density at radius 2 is 1.69 bits per heavy atom. The zero-order valence-electron chi connectivity index (χ0n) is 9.52. The molecule has 1 aromatic carbocycles. The molecule has 2 unspecified atom stereocenters. The molecule has 0 amide bonds. The molecule has 0 radical (unpaired) electrons. The second-order valence-corrected chi connectivity index (χ2v) is 5.11. The van der Waals surface area contributed by atoms with E-state index in [0.29, 0.717) is 11.8 Å². The Balaban J connectivity index is 1.68. The van der Waals surface area contributed by atoms with E-state index in [0.717, 1.165) is 25.3 Å². The van der Waals surface area contributed by atoms with Gasteiger partial charge in [-0.05, 0) is 18.4 Å². The Labute approximate surface area is 96.8 Å². The maximum absolute atomic E-state index is 8.01. The minimum Gasteiger partial charge on any atom is -0.309 e. The average Bonchev–Trinajstić information content (AvgIpc) is 2.54. The van der Waals surface area contributed by atoms with Gasteiger partial charge in [-0.2, -0.15) is 0 Å². The third-order valence-corrected chi connectivity index (χ3v) is 3.95. The summed E-state index contributed by atoms with van der Waals surface area (Å²) in [4.78, 5) is 2.52. The lowest BCUT2D eigenvalue weighted by molar-refractivity contribution is 0.228. The number of piperidine rings is 1. The molecule has 1 aromatic rings. The Hall–Kier alpha value is -1.15. The summed E-state index contributed by atoms with van der Waals surface area (Å²) < 4.78 is 0. The molecule has 1 saturated heterocycles. The largest absolute Gasteiger partial charge is 0.309 e. The molecule has 3 rings (SSSR count). The summed E-state index contributed by atoms with van der Waals surface area (Å²) in [6.45, 7) is 3.26. The van der Waals surface area contributed by atoms with E-state index in [9.17, 15) is 0 Å². The first-order chi connectivity index (χ1) is 7.83. The van der Waals surface area contributed by atoms with E-state index in [1.54, 1.807) is 0 Å². The van der Waals surface area contributed by atoms with Crippen LogP contribution in [0.4, 0.5) is 0 Å². The second-order valence-electron chi connectivity index (χ2n) is 5.11. The van der Waals surface area contributed by atoms with Crippen LogP contribution in [0.2, 0.25) is 0 Å². The van der Waals surface area contributed by atoms with Crippen molar-refractivity contribution in [2.24, 2.45) is 11.8 Å². The molecular weight excluding hydrogens is 196 g/mol. The number of nitrogens with one attached hydrogen (secondary N) is 1. The van der Waals surface area contributed by atoms with E-state index in [4.69, 9.17) is 5.41 Å². The van der Waals surface area contributed by atoms with Gasteiger partial charge in [-0.25, -0.2) is 0 Å². The maximum Gasteiger partial charge on any atom is 0.0234 e. The summed E-state index contributed by atoms with van der Waals surface area (Å²) in [7, 11) is 0. The average molecular weight is 214 g/mol. The van der Waals surface area contributed by atoms with Gasteiger partial charge in [0.15, 0.2) is 0 Å². The molecule has 1 aliphatic carbocycles. The van der Waals surface area contributed by atoms with Crippen molar-refractivity contribution in [2.45, 2.75) is 19.4 Å². The van der Waals surface area contributed by atoms with Gasteiger partial charge in [0.05, 0.1) is 0 Å². The van der Waals surface area contributed by atoms with Crippen molar-refractivity contribution in [2.75, 3.05) is 13.1 Å². The molecule has 84 valence electrons. The van der Waals surface area contributed by atoms with Crippen LogP contribution in [-0.4, -0.2) is 23.7 Å². The first kappa shape index (κ1) is 10.0. The van der Waals surface area contributed by atoms with E-state index in [1.165, 1.54) is 18.4 Å². The molecule has 2 bridgehead atoms. The van der Waals surface area contributed by atoms with Crippen LogP contribution in [0, 0.1) is 17.2 Å². The summed E-state index contributed by atoms with van der Waals surface area (Å²) in [6.07, 6.45) is 2.49. The molecule has 2 atom stereocenters. The summed E-state index contributed by atoms with van der Waals surface area (Å²) in [5.41, 5.74) is 2.43. The fourth-order valence-electron chi connectivity index (χ4n) is 3.09. The van der Waals surface area contributed by atoms with Crippen molar-refractivity contribution in [1.82, 2.24) is 4.90 Å². The number of benzene rings is 1. The Morgan fingerprint density at radius 3 is 2.31 bits per heavy atom. The number of likely N-dealkylation sites (tertiary alicyclic amines) is 1. The van der Waals surface area contributed by atoms with Gasteiger partial charge in [0, 0.05) is 37.2 Å². The molecule has 2 nitrogen and oxygen atoms in total. The van der Waals surface area contributed by atoms with Crippen LogP contribution in [-0.2, 0) is 6.54 Å². The number of hydrogen-bond donors (Lipinski definition) is 1. The van der Waals surface area contributed by atoms with E-state index >= 15 is 0 Å². The fraction of sp³-hybridized carbons (Fsp3) is 0.500. The summed E-state index contributed by atoms with van der Waals surface area (Å²) in [5.74, 6) is 1.12. The van der Waals surface area contributed by atoms with Crippen LogP contribution in [0.25, 0.3) is 0 Å². The van der Waals surface area contributed by atoms with Crippen LogP contribution >= 0.6 is 0 Å². The molecule has 2 aliphatic rings. The smallest absolute Gasteiger partial charge is 0.0234 e. The summed E-state index contributed by atoms with van der Waals surface area (Å²) in [6, 6.07) is 10.7. The van der Waals surface area contributed by atoms with Gasteiger partial charge in [0.1, 0.15) is 0 Å². The van der Waals surface area contributed by atoms with Crippen molar-refractivity contribution >= 4 is 5.71 Å². The normalized spacial score (nSPS) is 29.6. The van der Waals surface area contributed by atoms with Crippen molar-refractivity contribution in [3.05, 3.63) is 35.9 Å². The zero-order chi connectivity index (χ0) is 11.0. The lowest BCUT2D eigenvalue weighted by Crippen LogP contribution is -2.41. The topological polar surface area (TPSA) is 27.1 Å². The molecule has 1 N–H and O–H groups in total. The van der Waals surface area contributed by atoms with Gasteiger partial charge in [-0.15, -0.1) is 0 Å². The second kappa shape index (κ2) is 4.02. The highest BCUT2D eigenvalue weighted by molar-refractivity contribution is 5.89. The van der Waals surface area contributed by atoms with Gasteiger partial charge < -0.3 is 5.41 Å². The summed E-state index contributed by atoms with van der Waals surface area (Å²) >= 11 is 0. The van der Waals surface area contributed by atoms with Gasteiger partial charge in [0.25, 0.3) is 0 Å². The Morgan fingerprint density at radius 1 is 1.06 bits per heavy atom. The molecule has 1 heterocycles. The van der Waals surface area contributed by atoms with Gasteiger partial charge in [-0.3, -0.25) is 4.90 Å². The number of nitrogens with zero attached hydrogens (tertiary/aromatic N) is 1. The molecule has 2 fully saturated rings. The third-order valence-electron chi connectivity index (χ3n) is 3.95. The first-order valence-electron chi connectivity index (χ1n) is 6.17. The molecule has 2 heteroatoms. The van der Waals surface area contributed by atoms with Crippen LogP contribution in [0.15, 0.2) is 30.3 Å². The molecular formula is C14H18N2.